The molecule has 1 saturated heterocycles. The van der Waals surface area contributed by atoms with Crippen LogP contribution >= 0.6 is 11.3 Å². The Morgan fingerprint density at radius 3 is 2.80 bits per heavy atom. The van der Waals surface area contributed by atoms with Crippen molar-refractivity contribution in [2.75, 3.05) is 36.9 Å². The summed E-state index contributed by atoms with van der Waals surface area (Å²) in [5.74, 6) is 0.604. The van der Waals surface area contributed by atoms with Gasteiger partial charge in [-0.1, -0.05) is 25.2 Å². The molecule has 20 heavy (non-hydrogen) atoms. The number of benzene rings is 1. The van der Waals surface area contributed by atoms with Crippen LogP contribution in [0.25, 0.3) is 10.2 Å². The van der Waals surface area contributed by atoms with Crippen molar-refractivity contribution >= 4 is 32.4 Å². The Morgan fingerprint density at radius 2 is 2.10 bits per heavy atom. The molecule has 0 unspecified atom stereocenters. The van der Waals surface area contributed by atoms with E-state index in [1.165, 1.54) is 10.3 Å². The minimum absolute atomic E-state index is 0.604. The number of aromatic nitrogens is 1. The van der Waals surface area contributed by atoms with Gasteiger partial charge < -0.3 is 15.4 Å². The fourth-order valence-corrected chi connectivity index (χ4v) is 3.57. The van der Waals surface area contributed by atoms with Crippen molar-refractivity contribution in [2.45, 2.75) is 20.3 Å². The van der Waals surface area contributed by atoms with Crippen molar-refractivity contribution in [3.05, 3.63) is 17.7 Å². The zero-order valence-corrected chi connectivity index (χ0v) is 12.9. The van der Waals surface area contributed by atoms with Gasteiger partial charge in [-0.25, -0.2) is 4.98 Å². The van der Waals surface area contributed by atoms with E-state index in [2.05, 4.69) is 30.9 Å². The first-order chi connectivity index (χ1) is 9.63. The van der Waals surface area contributed by atoms with Gasteiger partial charge in [0.2, 0.25) is 0 Å². The Kier molecular flexibility index (Phi) is 3.81. The molecule has 2 N–H and O–H groups in total. The molecular formula is C15H21N3OS. The standard InChI is InChI=1S/C15H21N3OS/c1-10(2)7-11-8-13-14(9-12(11)16)20-15(17-13)18-3-5-19-6-4-18/h8-10H,3-7,16H2,1-2H3. The number of fused-ring (bicyclic) bond motifs is 1. The van der Waals surface area contributed by atoms with Crippen molar-refractivity contribution in [3.63, 3.8) is 0 Å². The highest BCUT2D eigenvalue weighted by Gasteiger charge is 2.16. The average Bonchev–Trinajstić information content (AvgIpc) is 2.82. The number of morpholine rings is 1. The van der Waals surface area contributed by atoms with Gasteiger partial charge in [-0.2, -0.15) is 0 Å². The molecule has 1 aliphatic heterocycles. The molecule has 0 bridgehead atoms. The molecule has 3 rings (SSSR count). The molecule has 0 radical (unpaired) electrons. The van der Waals surface area contributed by atoms with E-state index in [1.54, 1.807) is 11.3 Å². The van der Waals surface area contributed by atoms with Gasteiger partial charge in [0.25, 0.3) is 0 Å². The average molecular weight is 291 g/mol. The third-order valence-electron chi connectivity index (χ3n) is 3.55. The zero-order chi connectivity index (χ0) is 14.1. The molecule has 2 heterocycles. The van der Waals surface area contributed by atoms with Crippen LogP contribution in [-0.2, 0) is 11.2 Å². The summed E-state index contributed by atoms with van der Waals surface area (Å²) in [5, 5.41) is 1.09. The van der Waals surface area contributed by atoms with E-state index in [4.69, 9.17) is 15.5 Å². The van der Waals surface area contributed by atoms with E-state index in [-0.39, 0.29) is 0 Å². The summed E-state index contributed by atoms with van der Waals surface area (Å²) >= 11 is 1.72. The van der Waals surface area contributed by atoms with Crippen LogP contribution in [0.1, 0.15) is 19.4 Å². The maximum atomic E-state index is 6.17. The fourth-order valence-electron chi connectivity index (χ4n) is 2.53. The molecule has 2 aromatic rings. The predicted molar refractivity (Wildman–Crippen MR) is 85.6 cm³/mol. The Bertz CT molecular complexity index is 602. The van der Waals surface area contributed by atoms with E-state index in [0.717, 1.165) is 49.1 Å². The molecule has 0 aliphatic carbocycles. The summed E-state index contributed by atoms with van der Waals surface area (Å²) in [6.45, 7) is 7.85. The van der Waals surface area contributed by atoms with Crippen molar-refractivity contribution < 1.29 is 4.74 Å². The highest BCUT2D eigenvalue weighted by atomic mass is 32.1. The number of ether oxygens (including phenoxy) is 1. The highest BCUT2D eigenvalue weighted by Crippen LogP contribution is 2.32. The molecule has 1 fully saturated rings. The van der Waals surface area contributed by atoms with E-state index < -0.39 is 0 Å². The first kappa shape index (κ1) is 13.6. The highest BCUT2D eigenvalue weighted by molar-refractivity contribution is 7.22. The molecule has 0 amide bonds. The summed E-state index contributed by atoms with van der Waals surface area (Å²) in [7, 11) is 0. The maximum absolute atomic E-state index is 6.17. The summed E-state index contributed by atoms with van der Waals surface area (Å²) in [5.41, 5.74) is 9.34. The number of anilines is 2. The molecule has 5 heteroatoms. The lowest BCUT2D eigenvalue weighted by Crippen LogP contribution is -2.36. The van der Waals surface area contributed by atoms with Crippen LogP contribution in [0.5, 0.6) is 0 Å². The Hall–Kier alpha value is -1.33. The van der Waals surface area contributed by atoms with Crippen molar-refractivity contribution in [2.24, 2.45) is 5.92 Å². The van der Waals surface area contributed by atoms with Gasteiger partial charge in [-0.15, -0.1) is 0 Å². The quantitative estimate of drug-likeness (QED) is 0.883. The Morgan fingerprint density at radius 1 is 1.35 bits per heavy atom. The summed E-state index contributed by atoms with van der Waals surface area (Å²) in [4.78, 5) is 7.08. The van der Waals surface area contributed by atoms with Crippen LogP contribution in [-0.4, -0.2) is 31.3 Å². The topological polar surface area (TPSA) is 51.4 Å². The second-order valence-electron chi connectivity index (χ2n) is 5.71. The lowest BCUT2D eigenvalue weighted by atomic mass is 10.0. The SMILES string of the molecule is CC(C)Cc1cc2nc(N3CCOCC3)sc2cc1N. The van der Waals surface area contributed by atoms with Gasteiger partial charge in [0.1, 0.15) is 0 Å². The lowest BCUT2D eigenvalue weighted by molar-refractivity contribution is 0.122. The zero-order valence-electron chi connectivity index (χ0n) is 12.1. The summed E-state index contributed by atoms with van der Waals surface area (Å²) in [6.07, 6.45) is 1.01. The number of nitrogens with zero attached hydrogens (tertiary/aromatic N) is 2. The van der Waals surface area contributed by atoms with E-state index >= 15 is 0 Å². The fraction of sp³-hybridized carbons (Fsp3) is 0.533. The molecule has 0 saturated carbocycles. The van der Waals surface area contributed by atoms with Crippen LogP contribution in [0.3, 0.4) is 0 Å². The predicted octanol–water partition coefficient (Wildman–Crippen LogP) is 2.91. The van der Waals surface area contributed by atoms with E-state index in [9.17, 15) is 0 Å². The van der Waals surface area contributed by atoms with Gasteiger partial charge in [-0.05, 0) is 30.0 Å². The number of thiazole rings is 1. The normalized spacial score (nSPS) is 16.2. The van der Waals surface area contributed by atoms with Gasteiger partial charge in [0.15, 0.2) is 5.13 Å². The molecular weight excluding hydrogens is 270 g/mol. The van der Waals surface area contributed by atoms with Crippen molar-refractivity contribution in [3.8, 4) is 0 Å². The Balaban J connectivity index is 1.93. The van der Waals surface area contributed by atoms with E-state index in [0.29, 0.717) is 5.92 Å². The van der Waals surface area contributed by atoms with Gasteiger partial charge >= 0.3 is 0 Å². The van der Waals surface area contributed by atoms with E-state index in [1.807, 2.05) is 0 Å². The maximum Gasteiger partial charge on any atom is 0.186 e. The van der Waals surface area contributed by atoms with Crippen molar-refractivity contribution in [1.29, 1.82) is 0 Å². The lowest BCUT2D eigenvalue weighted by Gasteiger charge is -2.25. The second kappa shape index (κ2) is 5.58. The number of hydrogen-bond acceptors (Lipinski definition) is 5. The third-order valence-corrected chi connectivity index (χ3v) is 4.63. The minimum atomic E-state index is 0.604. The van der Waals surface area contributed by atoms with Gasteiger partial charge in [0.05, 0.1) is 23.4 Å². The Labute approximate surface area is 123 Å². The second-order valence-corrected chi connectivity index (χ2v) is 6.72. The van der Waals surface area contributed by atoms with Crippen LogP contribution in [0.15, 0.2) is 12.1 Å². The number of nitrogen functional groups attached to an aromatic ring is 1. The number of hydrogen-bond donors (Lipinski definition) is 1. The largest absolute Gasteiger partial charge is 0.398 e. The first-order valence-corrected chi connectivity index (χ1v) is 7.97. The summed E-state index contributed by atoms with van der Waals surface area (Å²) < 4.78 is 6.57. The molecule has 0 spiro atoms. The molecule has 108 valence electrons. The molecule has 0 atom stereocenters. The minimum Gasteiger partial charge on any atom is -0.398 e. The molecule has 4 nitrogen and oxygen atoms in total. The van der Waals surface area contributed by atoms with Crippen LogP contribution in [0, 0.1) is 5.92 Å². The summed E-state index contributed by atoms with van der Waals surface area (Å²) in [6, 6.07) is 4.24. The third kappa shape index (κ3) is 2.74. The number of nitrogens with two attached hydrogens (primary N) is 1. The van der Waals surface area contributed by atoms with Crippen LogP contribution < -0.4 is 10.6 Å². The molecule has 1 aromatic heterocycles. The number of rotatable bonds is 3. The van der Waals surface area contributed by atoms with Gasteiger partial charge in [0, 0.05) is 18.8 Å². The van der Waals surface area contributed by atoms with Gasteiger partial charge in [-0.3, -0.25) is 0 Å². The first-order valence-electron chi connectivity index (χ1n) is 7.15. The molecule has 1 aromatic carbocycles. The van der Waals surface area contributed by atoms with Crippen LogP contribution in [0.2, 0.25) is 0 Å². The smallest absolute Gasteiger partial charge is 0.186 e. The van der Waals surface area contributed by atoms with Crippen molar-refractivity contribution in [1.82, 2.24) is 4.98 Å². The molecule has 1 aliphatic rings. The monoisotopic (exact) mass is 291 g/mol. The van der Waals surface area contributed by atoms with Crippen LogP contribution in [0.4, 0.5) is 10.8 Å².